The molecule has 8 nitrogen and oxygen atoms in total. The molecule has 0 aliphatic heterocycles. The molecule has 39 heavy (non-hydrogen) atoms. The maximum Gasteiger partial charge on any atom is 0.255 e. The molecule has 0 saturated carbocycles. The SMILES string of the molecule is COc1ccc(S(=O)(=O)N(CC(=O)N/N=C/c2cc(C)n(-c3ccccc3Cl)c2C)Cc2ccccc2)cc1. The van der Waals surface area contributed by atoms with Crippen LogP contribution < -0.4 is 10.2 Å². The van der Waals surface area contributed by atoms with E-state index < -0.39 is 22.5 Å². The third-order valence-corrected chi connectivity index (χ3v) is 8.30. The third-order valence-electron chi connectivity index (χ3n) is 6.18. The summed E-state index contributed by atoms with van der Waals surface area (Å²) < 4.78 is 35.2. The van der Waals surface area contributed by atoms with Gasteiger partial charge in [0.2, 0.25) is 10.0 Å². The quantitative estimate of drug-likeness (QED) is 0.214. The molecular weight excluding hydrogens is 536 g/mol. The molecule has 0 aliphatic carbocycles. The van der Waals surface area contributed by atoms with Gasteiger partial charge in [0.05, 0.1) is 35.5 Å². The first-order chi connectivity index (χ1) is 18.7. The van der Waals surface area contributed by atoms with E-state index in [1.54, 1.807) is 24.3 Å². The first kappa shape index (κ1) is 28.1. The van der Waals surface area contributed by atoms with Crippen molar-refractivity contribution in [3.05, 3.63) is 112 Å². The molecule has 202 valence electrons. The zero-order chi connectivity index (χ0) is 28.0. The van der Waals surface area contributed by atoms with E-state index in [0.717, 1.165) is 32.5 Å². The number of halogens is 1. The van der Waals surface area contributed by atoms with Gasteiger partial charge in [0.15, 0.2) is 0 Å². The van der Waals surface area contributed by atoms with Gasteiger partial charge in [-0.05, 0) is 61.9 Å². The van der Waals surface area contributed by atoms with Crippen LogP contribution in [0.4, 0.5) is 0 Å². The second kappa shape index (κ2) is 12.3. The van der Waals surface area contributed by atoms with Crippen LogP contribution in [0, 0.1) is 13.8 Å². The average Bonchev–Trinajstić information content (AvgIpc) is 3.21. The van der Waals surface area contributed by atoms with Crippen LogP contribution >= 0.6 is 11.6 Å². The van der Waals surface area contributed by atoms with E-state index in [1.165, 1.54) is 25.5 Å². The average molecular weight is 565 g/mol. The minimum atomic E-state index is -3.99. The summed E-state index contributed by atoms with van der Waals surface area (Å²) in [7, 11) is -2.49. The molecule has 1 heterocycles. The molecule has 0 bridgehead atoms. The second-order valence-corrected chi connectivity index (χ2v) is 11.2. The first-order valence-electron chi connectivity index (χ1n) is 12.1. The standard InChI is InChI=1S/C29H29ClN4O4S/c1-21-17-24(22(2)34(21)28-12-8-7-11-27(28)30)18-31-32-29(35)20-33(19-23-9-5-4-6-10-23)39(36,37)26-15-13-25(38-3)14-16-26/h4-18H,19-20H2,1-3H3,(H,32,35)/b31-18+. The van der Waals surface area contributed by atoms with Crippen LogP contribution in [-0.2, 0) is 21.4 Å². The number of rotatable bonds is 10. The number of para-hydroxylation sites is 1. The van der Waals surface area contributed by atoms with Crippen molar-refractivity contribution in [2.24, 2.45) is 5.10 Å². The lowest BCUT2D eigenvalue weighted by Gasteiger charge is -2.21. The Hall–Kier alpha value is -3.92. The van der Waals surface area contributed by atoms with Gasteiger partial charge in [0, 0.05) is 23.5 Å². The zero-order valence-electron chi connectivity index (χ0n) is 21.8. The number of hydrazone groups is 1. The van der Waals surface area contributed by atoms with Crippen molar-refractivity contribution in [1.29, 1.82) is 0 Å². The van der Waals surface area contributed by atoms with Crippen molar-refractivity contribution in [1.82, 2.24) is 14.3 Å². The lowest BCUT2D eigenvalue weighted by Crippen LogP contribution is -2.39. The number of benzene rings is 3. The number of hydrogen-bond donors (Lipinski definition) is 1. The van der Waals surface area contributed by atoms with Crippen molar-refractivity contribution in [2.75, 3.05) is 13.7 Å². The van der Waals surface area contributed by atoms with Gasteiger partial charge in [-0.3, -0.25) is 4.79 Å². The Morgan fingerprint density at radius 3 is 2.36 bits per heavy atom. The Balaban J connectivity index is 1.52. The minimum Gasteiger partial charge on any atom is -0.497 e. The maximum atomic E-state index is 13.5. The molecule has 0 atom stereocenters. The fourth-order valence-electron chi connectivity index (χ4n) is 4.20. The van der Waals surface area contributed by atoms with E-state index in [1.807, 2.05) is 66.9 Å². The van der Waals surface area contributed by atoms with Crippen LogP contribution in [-0.4, -0.2) is 43.1 Å². The van der Waals surface area contributed by atoms with E-state index in [0.29, 0.717) is 10.8 Å². The Labute approximate surface area is 233 Å². The van der Waals surface area contributed by atoms with Gasteiger partial charge in [-0.15, -0.1) is 0 Å². The number of methoxy groups -OCH3 is 1. The summed E-state index contributed by atoms with van der Waals surface area (Å²) in [5.74, 6) is -0.0382. The van der Waals surface area contributed by atoms with E-state index >= 15 is 0 Å². The van der Waals surface area contributed by atoms with Crippen LogP contribution in [0.3, 0.4) is 0 Å². The number of nitrogens with zero attached hydrogens (tertiary/aromatic N) is 3. The molecule has 0 aliphatic rings. The number of carbonyl (C=O) groups is 1. The summed E-state index contributed by atoms with van der Waals surface area (Å²) in [4.78, 5) is 12.9. The summed E-state index contributed by atoms with van der Waals surface area (Å²) in [5, 5.41) is 4.72. The molecule has 3 aromatic carbocycles. The molecule has 0 radical (unpaired) electrons. The predicted octanol–water partition coefficient (Wildman–Crippen LogP) is 5.10. The lowest BCUT2D eigenvalue weighted by molar-refractivity contribution is -0.121. The molecule has 4 rings (SSSR count). The molecule has 1 amide bonds. The van der Waals surface area contributed by atoms with Gasteiger partial charge in [0.25, 0.3) is 5.91 Å². The van der Waals surface area contributed by atoms with Crippen LogP contribution in [0.15, 0.2) is 94.9 Å². The monoisotopic (exact) mass is 564 g/mol. The van der Waals surface area contributed by atoms with Crippen molar-refractivity contribution in [3.8, 4) is 11.4 Å². The van der Waals surface area contributed by atoms with E-state index in [4.69, 9.17) is 16.3 Å². The largest absolute Gasteiger partial charge is 0.497 e. The molecule has 4 aromatic rings. The topological polar surface area (TPSA) is 93.0 Å². The Morgan fingerprint density at radius 1 is 1.03 bits per heavy atom. The lowest BCUT2D eigenvalue weighted by atomic mass is 10.2. The number of carbonyl (C=O) groups excluding carboxylic acids is 1. The Bertz CT molecular complexity index is 1580. The Morgan fingerprint density at radius 2 is 1.69 bits per heavy atom. The molecule has 0 saturated heterocycles. The van der Waals surface area contributed by atoms with E-state index in [-0.39, 0.29) is 11.4 Å². The number of aromatic nitrogens is 1. The van der Waals surface area contributed by atoms with Gasteiger partial charge in [-0.25, -0.2) is 13.8 Å². The molecule has 0 unspecified atom stereocenters. The van der Waals surface area contributed by atoms with Crippen LogP contribution in [0.2, 0.25) is 5.02 Å². The molecule has 1 N–H and O–H groups in total. The van der Waals surface area contributed by atoms with Gasteiger partial charge in [-0.1, -0.05) is 54.1 Å². The highest BCUT2D eigenvalue weighted by Crippen LogP contribution is 2.26. The highest BCUT2D eigenvalue weighted by atomic mass is 35.5. The summed E-state index contributed by atoms with van der Waals surface area (Å²) >= 11 is 6.39. The third kappa shape index (κ3) is 6.57. The predicted molar refractivity (Wildman–Crippen MR) is 153 cm³/mol. The smallest absolute Gasteiger partial charge is 0.255 e. The number of sulfonamides is 1. The molecule has 0 fully saturated rings. The number of hydrogen-bond acceptors (Lipinski definition) is 5. The zero-order valence-corrected chi connectivity index (χ0v) is 23.4. The molecular formula is C29H29ClN4O4S. The van der Waals surface area contributed by atoms with E-state index in [9.17, 15) is 13.2 Å². The van der Waals surface area contributed by atoms with Gasteiger partial charge in [0.1, 0.15) is 5.75 Å². The number of nitrogens with one attached hydrogen (secondary N) is 1. The Kier molecular flexibility index (Phi) is 8.86. The van der Waals surface area contributed by atoms with Crippen LogP contribution in [0.5, 0.6) is 5.75 Å². The molecule has 10 heteroatoms. The summed E-state index contributed by atoms with van der Waals surface area (Å²) in [6.45, 7) is 3.49. The fourth-order valence-corrected chi connectivity index (χ4v) is 5.81. The minimum absolute atomic E-state index is 0.0192. The highest BCUT2D eigenvalue weighted by Gasteiger charge is 2.27. The summed E-state index contributed by atoms with van der Waals surface area (Å²) in [6.07, 6.45) is 1.53. The van der Waals surface area contributed by atoms with Crippen molar-refractivity contribution in [2.45, 2.75) is 25.3 Å². The summed E-state index contributed by atoms with van der Waals surface area (Å²) in [5.41, 5.74) is 6.70. The number of ether oxygens (including phenoxy) is 1. The van der Waals surface area contributed by atoms with Crippen LogP contribution in [0.1, 0.15) is 22.5 Å². The molecule has 0 spiro atoms. The van der Waals surface area contributed by atoms with Gasteiger partial charge >= 0.3 is 0 Å². The van der Waals surface area contributed by atoms with Crippen molar-refractivity contribution in [3.63, 3.8) is 0 Å². The second-order valence-electron chi connectivity index (χ2n) is 8.84. The maximum absolute atomic E-state index is 13.5. The molecule has 1 aromatic heterocycles. The normalized spacial score (nSPS) is 11.7. The van der Waals surface area contributed by atoms with Gasteiger partial charge in [-0.2, -0.15) is 9.41 Å². The van der Waals surface area contributed by atoms with Gasteiger partial charge < -0.3 is 9.30 Å². The van der Waals surface area contributed by atoms with Crippen LogP contribution in [0.25, 0.3) is 5.69 Å². The fraction of sp³-hybridized carbons (Fsp3) is 0.172. The van der Waals surface area contributed by atoms with Crippen molar-refractivity contribution >= 4 is 33.7 Å². The highest BCUT2D eigenvalue weighted by molar-refractivity contribution is 7.89. The van der Waals surface area contributed by atoms with E-state index in [2.05, 4.69) is 10.5 Å². The number of amides is 1. The summed E-state index contributed by atoms with van der Waals surface area (Å²) in [6, 6.07) is 24.6. The van der Waals surface area contributed by atoms with Crippen molar-refractivity contribution < 1.29 is 17.9 Å². The number of aryl methyl sites for hydroxylation is 1. The first-order valence-corrected chi connectivity index (χ1v) is 14.0.